The summed E-state index contributed by atoms with van der Waals surface area (Å²) in [5.41, 5.74) is 2.67. The van der Waals surface area contributed by atoms with Gasteiger partial charge >= 0.3 is 0 Å². The number of carbonyl (C=O) groups excluding carboxylic acids is 3. The van der Waals surface area contributed by atoms with Gasteiger partial charge in [0.05, 0.1) is 18.2 Å². The van der Waals surface area contributed by atoms with E-state index in [2.05, 4.69) is 10.6 Å². The minimum atomic E-state index is -0.329. The van der Waals surface area contributed by atoms with Crippen molar-refractivity contribution in [2.75, 3.05) is 18.4 Å². The molecule has 2 aromatic heterocycles. The molecule has 35 heavy (non-hydrogen) atoms. The molecule has 8 nitrogen and oxygen atoms in total. The molecule has 3 heterocycles. The second kappa shape index (κ2) is 9.89. The number of nitrogens with one attached hydrogen (secondary N) is 2. The van der Waals surface area contributed by atoms with Crippen LogP contribution in [0.5, 0.6) is 0 Å². The lowest BCUT2D eigenvalue weighted by molar-refractivity contribution is -0.121. The summed E-state index contributed by atoms with van der Waals surface area (Å²) in [5, 5.41) is 6.75. The Hall–Kier alpha value is -4.33. The second-order valence-electron chi connectivity index (χ2n) is 8.62. The molecular weight excluding hydrogens is 446 g/mol. The Balaban J connectivity index is 1.09. The van der Waals surface area contributed by atoms with Gasteiger partial charge in [0, 0.05) is 30.2 Å². The van der Waals surface area contributed by atoms with Crippen molar-refractivity contribution >= 4 is 34.4 Å². The minimum absolute atomic E-state index is 0.0401. The van der Waals surface area contributed by atoms with Crippen molar-refractivity contribution in [3.05, 3.63) is 90.1 Å². The van der Waals surface area contributed by atoms with Crippen LogP contribution in [-0.2, 0) is 11.2 Å². The second-order valence-corrected chi connectivity index (χ2v) is 8.62. The van der Waals surface area contributed by atoms with E-state index in [1.807, 2.05) is 36.4 Å². The maximum atomic E-state index is 12.5. The van der Waals surface area contributed by atoms with Crippen LogP contribution in [-0.4, -0.2) is 41.8 Å². The molecule has 0 bridgehead atoms. The Morgan fingerprint density at radius 1 is 0.971 bits per heavy atom. The van der Waals surface area contributed by atoms with Gasteiger partial charge in [0.2, 0.25) is 5.91 Å². The summed E-state index contributed by atoms with van der Waals surface area (Å²) in [7, 11) is 0. The van der Waals surface area contributed by atoms with Gasteiger partial charge in [-0.2, -0.15) is 0 Å². The van der Waals surface area contributed by atoms with Crippen LogP contribution in [0.2, 0.25) is 0 Å². The Morgan fingerprint density at radius 2 is 1.74 bits per heavy atom. The maximum absolute atomic E-state index is 12.5. The van der Waals surface area contributed by atoms with Gasteiger partial charge in [-0.3, -0.25) is 14.4 Å². The van der Waals surface area contributed by atoms with E-state index in [-0.39, 0.29) is 35.9 Å². The summed E-state index contributed by atoms with van der Waals surface area (Å²) in [5.74, 6) is -0.198. The molecule has 2 aromatic carbocycles. The first-order valence-corrected chi connectivity index (χ1v) is 11.5. The Bertz CT molecular complexity index is 1300. The van der Waals surface area contributed by atoms with Crippen molar-refractivity contribution < 1.29 is 23.2 Å². The van der Waals surface area contributed by atoms with Gasteiger partial charge in [0.25, 0.3) is 11.8 Å². The third-order valence-corrected chi connectivity index (χ3v) is 6.14. The first kappa shape index (κ1) is 22.5. The van der Waals surface area contributed by atoms with Crippen LogP contribution in [0.1, 0.15) is 39.3 Å². The maximum Gasteiger partial charge on any atom is 0.291 e. The molecule has 1 saturated heterocycles. The molecule has 2 N–H and O–H groups in total. The highest BCUT2D eigenvalue weighted by atomic mass is 16.3. The zero-order valence-electron chi connectivity index (χ0n) is 19.0. The number of amides is 3. The first-order valence-electron chi connectivity index (χ1n) is 11.5. The van der Waals surface area contributed by atoms with Crippen molar-refractivity contribution in [2.45, 2.75) is 25.3 Å². The minimum Gasteiger partial charge on any atom is -0.472 e. The monoisotopic (exact) mass is 471 g/mol. The van der Waals surface area contributed by atoms with Crippen LogP contribution in [0.15, 0.2) is 82.0 Å². The van der Waals surface area contributed by atoms with Gasteiger partial charge < -0.3 is 24.4 Å². The van der Waals surface area contributed by atoms with Crippen LogP contribution in [0.25, 0.3) is 11.0 Å². The molecule has 0 saturated carbocycles. The summed E-state index contributed by atoms with van der Waals surface area (Å²) < 4.78 is 10.6. The molecule has 1 aliphatic rings. The fraction of sp³-hybridized carbons (Fsp3) is 0.222. The van der Waals surface area contributed by atoms with Gasteiger partial charge in [0.15, 0.2) is 5.76 Å². The van der Waals surface area contributed by atoms with E-state index in [1.54, 1.807) is 29.2 Å². The highest BCUT2D eigenvalue weighted by Gasteiger charge is 2.25. The van der Waals surface area contributed by atoms with Gasteiger partial charge in [-0.05, 0) is 48.7 Å². The molecule has 3 amide bonds. The average Bonchev–Trinajstić information content (AvgIpc) is 3.56. The van der Waals surface area contributed by atoms with Crippen molar-refractivity contribution in [1.82, 2.24) is 10.2 Å². The molecule has 1 aliphatic heterocycles. The number of rotatable bonds is 6. The van der Waals surface area contributed by atoms with Crippen molar-refractivity contribution in [2.24, 2.45) is 0 Å². The molecule has 4 aromatic rings. The Morgan fingerprint density at radius 3 is 2.46 bits per heavy atom. The number of benzene rings is 2. The van der Waals surface area contributed by atoms with E-state index in [0.29, 0.717) is 42.8 Å². The lowest BCUT2D eigenvalue weighted by Gasteiger charge is -2.32. The van der Waals surface area contributed by atoms with Gasteiger partial charge in [-0.25, -0.2) is 0 Å². The Kier molecular flexibility index (Phi) is 6.34. The molecule has 5 rings (SSSR count). The molecule has 0 radical (unpaired) electrons. The molecule has 0 spiro atoms. The van der Waals surface area contributed by atoms with Gasteiger partial charge in [-0.15, -0.1) is 0 Å². The highest BCUT2D eigenvalue weighted by Crippen LogP contribution is 2.20. The third kappa shape index (κ3) is 5.27. The number of hydrogen-bond acceptors (Lipinski definition) is 5. The third-order valence-electron chi connectivity index (χ3n) is 6.14. The summed E-state index contributed by atoms with van der Waals surface area (Å²) in [6.07, 6.45) is 4.60. The van der Waals surface area contributed by atoms with E-state index in [1.165, 1.54) is 12.5 Å². The highest BCUT2D eigenvalue weighted by molar-refractivity contribution is 6.04. The number of nitrogens with zero attached hydrogens (tertiary/aromatic N) is 1. The number of para-hydroxylation sites is 1. The zero-order valence-corrected chi connectivity index (χ0v) is 19.0. The summed E-state index contributed by atoms with van der Waals surface area (Å²) in [6, 6.07) is 18.0. The number of piperidine rings is 1. The number of carbonyl (C=O) groups is 3. The number of anilines is 1. The molecule has 0 aliphatic carbocycles. The molecule has 0 atom stereocenters. The summed E-state index contributed by atoms with van der Waals surface area (Å²) in [6.45, 7) is 1.18. The molecular formula is C27H25N3O5. The van der Waals surface area contributed by atoms with Crippen LogP contribution < -0.4 is 10.6 Å². The van der Waals surface area contributed by atoms with Crippen molar-refractivity contribution in [1.29, 1.82) is 0 Å². The average molecular weight is 472 g/mol. The Labute approximate surface area is 201 Å². The predicted molar refractivity (Wildman–Crippen MR) is 130 cm³/mol. The van der Waals surface area contributed by atoms with Gasteiger partial charge in [-0.1, -0.05) is 30.3 Å². The van der Waals surface area contributed by atoms with E-state index < -0.39 is 0 Å². The van der Waals surface area contributed by atoms with Crippen LogP contribution in [0, 0.1) is 0 Å². The smallest absolute Gasteiger partial charge is 0.291 e. The number of fused-ring (bicyclic) bond motifs is 1. The lowest BCUT2D eigenvalue weighted by Crippen LogP contribution is -2.46. The molecule has 178 valence electrons. The number of hydrogen-bond donors (Lipinski definition) is 2. The first-order chi connectivity index (χ1) is 17.0. The van der Waals surface area contributed by atoms with E-state index in [0.717, 1.165) is 10.9 Å². The fourth-order valence-electron chi connectivity index (χ4n) is 4.25. The van der Waals surface area contributed by atoms with Crippen LogP contribution in [0.3, 0.4) is 0 Å². The van der Waals surface area contributed by atoms with E-state index >= 15 is 0 Å². The molecule has 8 heteroatoms. The standard InChI is InChI=1S/C27H25N3O5/c31-25(28-22-9-12-30(13-10-22)27(33)20-11-14-34-17-20)15-18-5-7-21(8-6-18)29-26(32)24-16-19-3-1-2-4-23(19)35-24/h1-8,11,14,16-17,22H,9-10,12-13,15H2,(H,28,31)(H,29,32). The predicted octanol–water partition coefficient (Wildman–Crippen LogP) is 4.24. The fourth-order valence-corrected chi connectivity index (χ4v) is 4.25. The number of furan rings is 2. The zero-order chi connectivity index (χ0) is 24.2. The van der Waals surface area contributed by atoms with Gasteiger partial charge in [0.1, 0.15) is 11.8 Å². The summed E-state index contributed by atoms with van der Waals surface area (Å²) in [4.78, 5) is 39.2. The SMILES string of the molecule is O=C(Cc1ccc(NC(=O)c2cc3ccccc3o2)cc1)NC1CCN(C(=O)c2ccoc2)CC1. The van der Waals surface area contributed by atoms with Crippen LogP contribution >= 0.6 is 0 Å². The van der Waals surface area contributed by atoms with Crippen LogP contribution in [0.4, 0.5) is 5.69 Å². The van der Waals surface area contributed by atoms with E-state index in [9.17, 15) is 14.4 Å². The normalized spacial score (nSPS) is 14.1. The molecule has 1 fully saturated rings. The lowest BCUT2D eigenvalue weighted by atomic mass is 10.0. The topological polar surface area (TPSA) is 105 Å². The van der Waals surface area contributed by atoms with E-state index in [4.69, 9.17) is 8.83 Å². The van der Waals surface area contributed by atoms with Crippen molar-refractivity contribution in [3.63, 3.8) is 0 Å². The largest absolute Gasteiger partial charge is 0.472 e. The number of likely N-dealkylation sites (tertiary alicyclic amines) is 1. The van der Waals surface area contributed by atoms with Crippen molar-refractivity contribution in [3.8, 4) is 0 Å². The molecule has 0 unspecified atom stereocenters. The summed E-state index contributed by atoms with van der Waals surface area (Å²) >= 11 is 0. The quantitative estimate of drug-likeness (QED) is 0.438.